The fourth-order valence-corrected chi connectivity index (χ4v) is 2.16. The molecule has 0 bridgehead atoms. The summed E-state index contributed by atoms with van der Waals surface area (Å²) in [5.41, 5.74) is 4.31. The van der Waals surface area contributed by atoms with Gasteiger partial charge in [0.2, 0.25) is 0 Å². The van der Waals surface area contributed by atoms with Crippen LogP contribution in [-0.2, 0) is 26.2 Å². The van der Waals surface area contributed by atoms with E-state index in [1.165, 1.54) is 27.5 Å². The Morgan fingerprint density at radius 3 is 2.39 bits per heavy atom. The van der Waals surface area contributed by atoms with Gasteiger partial charge in [0, 0.05) is 0 Å². The molecule has 0 aliphatic heterocycles. The zero-order valence-corrected chi connectivity index (χ0v) is 13.7. The Morgan fingerprint density at radius 1 is 1.17 bits per heavy atom. The molecule has 0 amide bonds. The van der Waals surface area contributed by atoms with E-state index in [0.29, 0.717) is 0 Å². The first-order valence-corrected chi connectivity index (χ1v) is 6.04. The molecule has 0 unspecified atom stereocenters. The quantitative estimate of drug-likeness (QED) is 0.614. The first kappa shape index (κ1) is 15.3. The first-order valence-electron chi connectivity index (χ1n) is 6.04. The Labute approximate surface area is 129 Å². The molecule has 0 nitrogen and oxygen atoms in total. The molecule has 0 aromatic heterocycles. The van der Waals surface area contributed by atoms with Crippen LogP contribution in [0.4, 0.5) is 0 Å². The number of rotatable bonds is 0. The summed E-state index contributed by atoms with van der Waals surface area (Å²) in [5.74, 6) is 0. The molecule has 0 heterocycles. The van der Waals surface area contributed by atoms with Crippen molar-refractivity contribution in [1.82, 2.24) is 0 Å². The van der Waals surface area contributed by atoms with Crippen LogP contribution in [0.5, 0.6) is 0 Å². The predicted molar refractivity (Wildman–Crippen MR) is 75.3 cm³/mol. The summed E-state index contributed by atoms with van der Waals surface area (Å²) in [6.07, 6.45) is 10.0. The molecule has 0 radical (unpaired) electrons. The molecule has 0 fully saturated rings. The van der Waals surface area contributed by atoms with Gasteiger partial charge in [-0.2, -0.15) is 11.6 Å². The Morgan fingerprint density at radius 2 is 1.89 bits per heavy atom. The molecule has 0 saturated carbocycles. The minimum Gasteiger partial charge on any atom is -0.273 e. The third-order valence-corrected chi connectivity index (χ3v) is 3.45. The molecule has 0 N–H and O–H groups in total. The van der Waals surface area contributed by atoms with Crippen molar-refractivity contribution in [3.8, 4) is 0 Å². The Hall–Kier alpha value is -0.807. The molecule has 0 saturated heterocycles. The van der Waals surface area contributed by atoms with E-state index < -0.39 is 0 Å². The van der Waals surface area contributed by atoms with E-state index in [9.17, 15) is 0 Å². The van der Waals surface area contributed by atoms with Crippen LogP contribution in [0.1, 0.15) is 23.1 Å². The molecule has 0 atom stereocenters. The van der Waals surface area contributed by atoms with E-state index in [1.807, 2.05) is 12.2 Å². The van der Waals surface area contributed by atoms with Crippen molar-refractivity contribution in [2.75, 3.05) is 0 Å². The molecule has 90 valence electrons. The van der Waals surface area contributed by atoms with E-state index >= 15 is 0 Å². The van der Waals surface area contributed by atoms with Crippen molar-refractivity contribution in [2.24, 2.45) is 0 Å². The molecule has 2 aromatic rings. The van der Waals surface area contributed by atoms with Crippen LogP contribution in [0.3, 0.4) is 0 Å². The molecular formula is C17H18Zr. The van der Waals surface area contributed by atoms with Crippen LogP contribution >= 0.6 is 0 Å². The summed E-state index contributed by atoms with van der Waals surface area (Å²) in [5, 5.41) is 2.82. The van der Waals surface area contributed by atoms with Gasteiger partial charge in [-0.1, -0.05) is 26.8 Å². The molecule has 2 aromatic carbocycles. The predicted octanol–water partition coefficient (Wildman–Crippen LogP) is 4.79. The fourth-order valence-electron chi connectivity index (χ4n) is 2.16. The van der Waals surface area contributed by atoms with Crippen LogP contribution < -0.4 is 0 Å². The number of allylic oxidation sites excluding steroid dienone is 4. The molecule has 18 heavy (non-hydrogen) atoms. The average molecular weight is 314 g/mol. The normalized spacial score (nSPS) is 12.2. The average Bonchev–Trinajstić information content (AvgIpc) is 3.00. The topological polar surface area (TPSA) is 0 Å². The summed E-state index contributed by atoms with van der Waals surface area (Å²) < 4.78 is 0. The minimum atomic E-state index is 0. The number of hydrogen-bond acceptors (Lipinski definition) is 0. The van der Waals surface area contributed by atoms with E-state index in [1.54, 1.807) is 0 Å². The van der Waals surface area contributed by atoms with Crippen LogP contribution in [0, 0.1) is 26.8 Å². The number of fused-ring (bicyclic) bond motifs is 1. The smallest absolute Gasteiger partial charge is 0.273 e. The van der Waals surface area contributed by atoms with Crippen molar-refractivity contribution in [1.29, 1.82) is 0 Å². The number of benzene rings is 1. The summed E-state index contributed by atoms with van der Waals surface area (Å²) in [6, 6.07) is 8.61. The SMILES string of the molecule is Cc1c(C)[c-](C)c2ccccc12.[C-]1=CC=CC1.[Zr+2]. The van der Waals surface area contributed by atoms with Crippen molar-refractivity contribution >= 4 is 10.8 Å². The van der Waals surface area contributed by atoms with Crippen molar-refractivity contribution in [3.05, 3.63) is 65.3 Å². The summed E-state index contributed by atoms with van der Waals surface area (Å²) in [4.78, 5) is 0. The van der Waals surface area contributed by atoms with Crippen LogP contribution in [0.2, 0.25) is 0 Å². The maximum absolute atomic E-state index is 2.99. The van der Waals surface area contributed by atoms with Gasteiger partial charge in [-0.05, 0) is 0 Å². The van der Waals surface area contributed by atoms with Gasteiger partial charge < -0.3 is 0 Å². The molecular weight excluding hydrogens is 295 g/mol. The first-order chi connectivity index (χ1) is 8.22. The van der Waals surface area contributed by atoms with Gasteiger partial charge in [-0.25, -0.2) is 12.2 Å². The van der Waals surface area contributed by atoms with E-state index in [0.717, 1.165) is 6.42 Å². The monoisotopic (exact) mass is 312 g/mol. The van der Waals surface area contributed by atoms with Crippen molar-refractivity contribution < 1.29 is 26.2 Å². The molecule has 3 rings (SSSR count). The molecule has 1 aliphatic carbocycles. The second-order valence-corrected chi connectivity index (χ2v) is 4.42. The van der Waals surface area contributed by atoms with Crippen molar-refractivity contribution in [3.63, 3.8) is 0 Å². The van der Waals surface area contributed by atoms with Gasteiger partial charge in [-0.3, -0.25) is 6.08 Å². The Bertz CT molecular complexity index is 522. The minimum absolute atomic E-state index is 0. The van der Waals surface area contributed by atoms with Gasteiger partial charge in [-0.15, -0.1) is 46.5 Å². The molecule has 0 spiro atoms. The fraction of sp³-hybridized carbons (Fsp3) is 0.235. The molecule has 1 heteroatoms. The summed E-state index contributed by atoms with van der Waals surface area (Å²) in [7, 11) is 0. The third-order valence-electron chi connectivity index (χ3n) is 3.45. The van der Waals surface area contributed by atoms with E-state index in [2.05, 4.69) is 57.2 Å². The second kappa shape index (κ2) is 6.95. The van der Waals surface area contributed by atoms with E-state index in [4.69, 9.17) is 0 Å². The van der Waals surface area contributed by atoms with E-state index in [-0.39, 0.29) is 26.2 Å². The Kier molecular flexibility index (Phi) is 5.89. The van der Waals surface area contributed by atoms with Crippen molar-refractivity contribution in [2.45, 2.75) is 27.2 Å². The van der Waals surface area contributed by atoms with Gasteiger partial charge in [0.05, 0.1) is 0 Å². The zero-order chi connectivity index (χ0) is 12.3. The van der Waals surface area contributed by atoms with Gasteiger partial charge in [0.15, 0.2) is 0 Å². The van der Waals surface area contributed by atoms with Crippen LogP contribution in [-0.4, -0.2) is 0 Å². The van der Waals surface area contributed by atoms with Crippen LogP contribution in [0.15, 0.2) is 42.5 Å². The number of hydrogen-bond donors (Lipinski definition) is 0. The summed E-state index contributed by atoms with van der Waals surface area (Å²) >= 11 is 0. The second-order valence-electron chi connectivity index (χ2n) is 4.42. The maximum Gasteiger partial charge on any atom is 2.00 e. The number of aryl methyl sites for hydroxylation is 2. The largest absolute Gasteiger partial charge is 2.00 e. The molecule has 1 aliphatic rings. The van der Waals surface area contributed by atoms with Gasteiger partial charge >= 0.3 is 26.2 Å². The zero-order valence-electron chi connectivity index (χ0n) is 11.2. The standard InChI is InChI=1S/C12H13.C5H5.Zr/c1-8-9(2)11-6-4-5-7-12(11)10(8)3;1-2-4-5-3-1;/h4-7H,1-3H3;1-3H,4H2;/q2*-1;+2. The summed E-state index contributed by atoms with van der Waals surface area (Å²) in [6.45, 7) is 6.60. The maximum atomic E-state index is 2.99. The van der Waals surface area contributed by atoms with Gasteiger partial charge in [0.25, 0.3) is 0 Å². The Balaban J connectivity index is 0.000000230. The van der Waals surface area contributed by atoms with Gasteiger partial charge in [0.1, 0.15) is 0 Å². The third kappa shape index (κ3) is 3.15. The van der Waals surface area contributed by atoms with Crippen LogP contribution in [0.25, 0.3) is 10.8 Å².